The molecule has 1 aromatic heterocycles. The maximum atomic E-state index is 12.5. The van der Waals surface area contributed by atoms with Crippen LogP contribution in [0, 0.1) is 12.8 Å². The fraction of sp³-hybridized carbons (Fsp3) is 0.444. The van der Waals surface area contributed by atoms with E-state index in [9.17, 15) is 9.59 Å². The molecule has 1 amide bonds. The Morgan fingerprint density at radius 2 is 1.85 bits per heavy atom. The molecule has 1 N–H and O–H groups in total. The summed E-state index contributed by atoms with van der Waals surface area (Å²) in [5.41, 5.74) is 1.54. The molecule has 0 fully saturated rings. The average molecular weight is 360 g/mol. The number of nitrogens with zero attached hydrogens (tertiary/aromatic N) is 4. The lowest BCUT2D eigenvalue weighted by Gasteiger charge is -2.18. The van der Waals surface area contributed by atoms with Crippen LogP contribution in [0.1, 0.15) is 37.0 Å². The molecule has 0 aliphatic heterocycles. The third kappa shape index (κ3) is 4.38. The van der Waals surface area contributed by atoms with Crippen LogP contribution >= 0.6 is 0 Å². The molecular weight excluding hydrogens is 336 g/mol. The minimum absolute atomic E-state index is 0.0851. The molecule has 2 rings (SSSR count). The Labute approximate surface area is 152 Å². The van der Waals surface area contributed by atoms with Gasteiger partial charge in [-0.15, -0.1) is 5.10 Å². The van der Waals surface area contributed by atoms with E-state index in [1.54, 1.807) is 25.6 Å². The van der Waals surface area contributed by atoms with Gasteiger partial charge in [0.2, 0.25) is 0 Å². The highest BCUT2D eigenvalue weighted by atomic mass is 16.5. The number of amides is 1. The second-order valence-electron chi connectivity index (χ2n) is 6.52. The SMILES string of the molecule is Cc1c(C(=O)N(C)CC(C)C(=O)O)nnn1-c1ccc(OC(C)C)cc1. The quantitative estimate of drug-likeness (QED) is 0.812. The molecule has 8 nitrogen and oxygen atoms in total. The highest BCUT2D eigenvalue weighted by molar-refractivity contribution is 5.93. The molecule has 26 heavy (non-hydrogen) atoms. The molecule has 0 aliphatic rings. The molecule has 1 unspecified atom stereocenters. The van der Waals surface area contributed by atoms with E-state index in [1.807, 2.05) is 38.1 Å². The van der Waals surface area contributed by atoms with Gasteiger partial charge in [0.15, 0.2) is 5.69 Å². The Hall–Kier alpha value is -2.90. The molecule has 0 radical (unpaired) electrons. The van der Waals surface area contributed by atoms with E-state index in [1.165, 1.54) is 4.90 Å². The topological polar surface area (TPSA) is 97.5 Å². The third-order valence-corrected chi connectivity index (χ3v) is 3.87. The van der Waals surface area contributed by atoms with Gasteiger partial charge in [-0.25, -0.2) is 4.68 Å². The van der Waals surface area contributed by atoms with Crippen molar-refractivity contribution >= 4 is 11.9 Å². The summed E-state index contributed by atoms with van der Waals surface area (Å²) in [6, 6.07) is 7.34. The first kappa shape index (κ1) is 19.4. The molecule has 0 saturated carbocycles. The van der Waals surface area contributed by atoms with Gasteiger partial charge in [-0.3, -0.25) is 9.59 Å². The zero-order chi connectivity index (χ0) is 19.4. The monoisotopic (exact) mass is 360 g/mol. The van der Waals surface area contributed by atoms with E-state index in [2.05, 4.69) is 10.3 Å². The van der Waals surface area contributed by atoms with Gasteiger partial charge in [0.05, 0.1) is 23.4 Å². The maximum Gasteiger partial charge on any atom is 0.308 e. The zero-order valence-electron chi connectivity index (χ0n) is 15.6. The summed E-state index contributed by atoms with van der Waals surface area (Å²) in [5.74, 6) is -1.22. The van der Waals surface area contributed by atoms with E-state index in [0.717, 1.165) is 11.4 Å². The fourth-order valence-electron chi connectivity index (χ4n) is 2.46. The van der Waals surface area contributed by atoms with Crippen LogP contribution in [0.15, 0.2) is 24.3 Å². The van der Waals surface area contributed by atoms with E-state index >= 15 is 0 Å². The second-order valence-corrected chi connectivity index (χ2v) is 6.52. The number of hydrogen-bond acceptors (Lipinski definition) is 5. The highest BCUT2D eigenvalue weighted by Crippen LogP contribution is 2.18. The van der Waals surface area contributed by atoms with Crippen LogP contribution in [-0.4, -0.2) is 56.6 Å². The van der Waals surface area contributed by atoms with Crippen molar-refractivity contribution in [1.82, 2.24) is 19.9 Å². The smallest absolute Gasteiger partial charge is 0.308 e. The number of benzene rings is 1. The number of carbonyl (C=O) groups excluding carboxylic acids is 1. The van der Waals surface area contributed by atoms with Gasteiger partial charge >= 0.3 is 5.97 Å². The number of hydrogen-bond donors (Lipinski definition) is 1. The van der Waals surface area contributed by atoms with Crippen molar-refractivity contribution in [3.8, 4) is 11.4 Å². The molecule has 8 heteroatoms. The Bertz CT molecular complexity index is 783. The van der Waals surface area contributed by atoms with Crippen LogP contribution in [0.5, 0.6) is 5.75 Å². The molecule has 0 saturated heterocycles. The molecule has 0 aliphatic carbocycles. The van der Waals surface area contributed by atoms with Crippen LogP contribution in [0.3, 0.4) is 0 Å². The predicted molar refractivity (Wildman–Crippen MR) is 95.6 cm³/mol. The molecule has 1 aromatic carbocycles. The van der Waals surface area contributed by atoms with Crippen molar-refractivity contribution in [2.45, 2.75) is 33.8 Å². The molecule has 140 valence electrons. The van der Waals surface area contributed by atoms with Crippen molar-refractivity contribution in [3.05, 3.63) is 35.7 Å². The van der Waals surface area contributed by atoms with E-state index in [-0.39, 0.29) is 24.2 Å². The number of carboxylic acids is 1. The lowest BCUT2D eigenvalue weighted by atomic mass is 10.1. The highest BCUT2D eigenvalue weighted by Gasteiger charge is 2.23. The lowest BCUT2D eigenvalue weighted by Crippen LogP contribution is -2.34. The van der Waals surface area contributed by atoms with Gasteiger partial charge in [-0.05, 0) is 45.0 Å². The molecule has 0 bridgehead atoms. The Morgan fingerprint density at radius 3 is 2.38 bits per heavy atom. The first-order valence-corrected chi connectivity index (χ1v) is 8.38. The largest absolute Gasteiger partial charge is 0.491 e. The standard InChI is InChI=1S/C18H24N4O4/c1-11(2)26-15-8-6-14(7-9-15)22-13(4)16(19-20-22)17(23)21(5)10-12(3)18(24)25/h6-9,11-12H,10H2,1-5H3,(H,24,25). The van der Waals surface area contributed by atoms with Crippen LogP contribution in [0.4, 0.5) is 0 Å². The Morgan fingerprint density at radius 1 is 1.23 bits per heavy atom. The Kier molecular flexibility index (Phi) is 5.97. The number of carboxylic acid groups (broad SMARTS) is 1. The molecule has 2 aromatic rings. The summed E-state index contributed by atoms with van der Waals surface area (Å²) in [6.45, 7) is 7.31. The average Bonchev–Trinajstić information content (AvgIpc) is 2.95. The van der Waals surface area contributed by atoms with Crippen molar-refractivity contribution in [1.29, 1.82) is 0 Å². The van der Waals surface area contributed by atoms with Gasteiger partial charge in [-0.2, -0.15) is 0 Å². The predicted octanol–water partition coefficient (Wildman–Crippen LogP) is 2.16. The first-order chi connectivity index (χ1) is 12.2. The van der Waals surface area contributed by atoms with Gasteiger partial charge in [0.25, 0.3) is 5.91 Å². The molecular formula is C18H24N4O4. The van der Waals surface area contributed by atoms with Crippen LogP contribution < -0.4 is 4.74 Å². The summed E-state index contributed by atoms with van der Waals surface area (Å²) in [7, 11) is 1.55. The zero-order valence-corrected chi connectivity index (χ0v) is 15.6. The van der Waals surface area contributed by atoms with Crippen molar-refractivity contribution in [2.75, 3.05) is 13.6 Å². The van der Waals surface area contributed by atoms with E-state index in [4.69, 9.17) is 9.84 Å². The van der Waals surface area contributed by atoms with Crippen molar-refractivity contribution in [3.63, 3.8) is 0 Å². The summed E-state index contributed by atoms with van der Waals surface area (Å²) < 4.78 is 7.18. The second kappa shape index (κ2) is 7.99. The van der Waals surface area contributed by atoms with E-state index < -0.39 is 11.9 Å². The first-order valence-electron chi connectivity index (χ1n) is 8.38. The van der Waals surface area contributed by atoms with Gasteiger partial charge in [-0.1, -0.05) is 12.1 Å². The number of ether oxygens (including phenoxy) is 1. The molecule has 1 heterocycles. The van der Waals surface area contributed by atoms with Crippen molar-refractivity contribution < 1.29 is 19.4 Å². The fourth-order valence-corrected chi connectivity index (χ4v) is 2.46. The van der Waals surface area contributed by atoms with Gasteiger partial charge in [0.1, 0.15) is 5.75 Å². The van der Waals surface area contributed by atoms with Gasteiger partial charge < -0.3 is 14.7 Å². The summed E-state index contributed by atoms with van der Waals surface area (Å²) in [6.07, 6.45) is 0.0851. The Balaban J connectivity index is 2.18. The van der Waals surface area contributed by atoms with Crippen LogP contribution in [0.2, 0.25) is 0 Å². The van der Waals surface area contributed by atoms with Crippen LogP contribution in [-0.2, 0) is 4.79 Å². The third-order valence-electron chi connectivity index (χ3n) is 3.87. The van der Waals surface area contributed by atoms with Gasteiger partial charge in [0, 0.05) is 13.6 Å². The summed E-state index contributed by atoms with van der Waals surface area (Å²) in [5, 5.41) is 17.0. The normalized spacial score (nSPS) is 12.1. The summed E-state index contributed by atoms with van der Waals surface area (Å²) >= 11 is 0. The number of aliphatic carboxylic acids is 1. The number of rotatable bonds is 7. The molecule has 1 atom stereocenters. The van der Waals surface area contributed by atoms with Crippen molar-refractivity contribution in [2.24, 2.45) is 5.92 Å². The number of aromatic nitrogens is 3. The maximum absolute atomic E-state index is 12.5. The molecule has 0 spiro atoms. The minimum Gasteiger partial charge on any atom is -0.491 e. The number of carbonyl (C=O) groups is 2. The minimum atomic E-state index is -0.950. The lowest BCUT2D eigenvalue weighted by molar-refractivity contribution is -0.141. The van der Waals surface area contributed by atoms with Crippen LogP contribution in [0.25, 0.3) is 5.69 Å². The van der Waals surface area contributed by atoms with E-state index in [0.29, 0.717) is 5.69 Å². The summed E-state index contributed by atoms with van der Waals surface area (Å²) in [4.78, 5) is 24.9.